The quantitative estimate of drug-likeness (QED) is 0.105. The Bertz CT molecular complexity index is 208. The fourth-order valence-corrected chi connectivity index (χ4v) is 2.15. The van der Waals surface area contributed by atoms with E-state index in [1.54, 1.807) is 0 Å². The minimum absolute atomic E-state index is 0. The Labute approximate surface area is 205 Å². The maximum atomic E-state index is 9.32. The van der Waals surface area contributed by atoms with E-state index in [0.29, 0.717) is 0 Å². The van der Waals surface area contributed by atoms with Crippen LogP contribution in [-0.4, -0.2) is 39.1 Å². The molecule has 0 aromatic carbocycles. The average molecular weight is 966 g/mol. The molecule has 0 aliphatic rings. The van der Waals surface area contributed by atoms with Crippen LogP contribution in [-0.2, 0) is 59.4 Å². The molecule has 0 bridgehead atoms. The van der Waals surface area contributed by atoms with Crippen molar-refractivity contribution in [3.63, 3.8) is 0 Å². The second kappa shape index (κ2) is 33.0. The van der Waals surface area contributed by atoms with Gasteiger partial charge < -0.3 is 95.5 Å². The van der Waals surface area contributed by atoms with Crippen LogP contribution in [0.25, 0.3) is 0 Å². The Morgan fingerprint density at radius 1 is 0.333 bits per heavy atom. The predicted octanol–water partition coefficient (Wildman–Crippen LogP) is -7.36. The molecule has 0 aliphatic carbocycles. The Morgan fingerprint density at radius 2 is 0.433 bits per heavy atom. The molecule has 0 heterocycles. The second-order valence-electron chi connectivity index (χ2n) is 2.23. The molecule has 30 heteroatoms. The predicted molar refractivity (Wildman–Crippen MR) is 77.5 cm³/mol. The summed E-state index contributed by atoms with van der Waals surface area (Å²) in [6.07, 6.45) is 0. The van der Waals surface area contributed by atoms with Crippen molar-refractivity contribution in [2.75, 3.05) is 0 Å². The molecule has 0 aromatic heterocycles. The first kappa shape index (κ1) is 47.2. The molecule has 0 aromatic rings. The average Bonchev–Trinajstić information content (AvgIpc) is 2.32. The summed E-state index contributed by atoms with van der Waals surface area (Å²) >= 11 is 0. The third-order valence-corrected chi connectivity index (χ3v) is 5.03. The molecule has 0 aliphatic heterocycles. The molecular formula is H8O20P8Pt2-4. The van der Waals surface area contributed by atoms with Gasteiger partial charge in [0.05, 0.1) is 0 Å². The normalized spacial score (nSPS) is 10.4. The first-order chi connectivity index (χ1) is 12.5. The summed E-state index contributed by atoms with van der Waals surface area (Å²) in [7, 11) is -23.4. The van der Waals surface area contributed by atoms with Gasteiger partial charge in [-0.3, -0.25) is 0 Å². The molecule has 192 valence electrons. The summed E-state index contributed by atoms with van der Waals surface area (Å²) in [5.74, 6) is 0. The molecular weight excluding hydrogens is 958 g/mol. The monoisotopic (exact) mass is 966 g/mol. The van der Waals surface area contributed by atoms with Crippen LogP contribution in [0.5, 0.6) is 0 Å². The number of hydrogen-bond acceptors (Lipinski definition) is 20. The van der Waals surface area contributed by atoms with E-state index in [9.17, 15) is 39.1 Å². The summed E-state index contributed by atoms with van der Waals surface area (Å²) < 4.78 is 13.5. The summed E-state index contributed by atoms with van der Waals surface area (Å²) in [5.41, 5.74) is 0. The summed E-state index contributed by atoms with van der Waals surface area (Å²) in [5, 5.41) is 0. The fraction of sp³-hybridized carbons (Fsp3) is 0. The largest absolute Gasteiger partial charge is 2.00 e. The van der Waals surface area contributed by atoms with Crippen molar-refractivity contribution in [1.29, 1.82) is 0 Å². The van der Waals surface area contributed by atoms with Crippen molar-refractivity contribution in [3.8, 4) is 0 Å². The van der Waals surface area contributed by atoms with Gasteiger partial charge in [-0.1, -0.05) is 0 Å². The maximum absolute atomic E-state index is 9.32. The van der Waals surface area contributed by atoms with E-state index in [1.807, 2.05) is 0 Å². The van der Waals surface area contributed by atoms with Crippen molar-refractivity contribution in [2.24, 2.45) is 0 Å². The van der Waals surface area contributed by atoms with Crippen molar-refractivity contribution in [3.05, 3.63) is 0 Å². The molecule has 8 N–H and O–H groups in total. The van der Waals surface area contributed by atoms with Gasteiger partial charge in [0.25, 0.3) is 0 Å². The molecule has 0 saturated carbocycles. The summed E-state index contributed by atoms with van der Waals surface area (Å²) in [4.78, 5) is 136. The number of rotatable bonds is 8. The zero-order valence-electron chi connectivity index (χ0n) is 12.7. The van der Waals surface area contributed by atoms with Crippen molar-refractivity contribution in [2.45, 2.75) is 0 Å². The second-order valence-corrected chi connectivity index (χ2v) is 8.66. The number of hydrogen-bond donors (Lipinski definition) is 8. The van der Waals surface area contributed by atoms with E-state index in [1.165, 1.54) is 0 Å². The third-order valence-electron chi connectivity index (χ3n) is 0.559. The van der Waals surface area contributed by atoms with Gasteiger partial charge in [-0.15, -0.1) is 34.4 Å². The van der Waals surface area contributed by atoms with Gasteiger partial charge in [0.15, 0.2) is 0 Å². The van der Waals surface area contributed by atoms with Crippen molar-refractivity contribution < 1.29 is 138 Å². The van der Waals surface area contributed by atoms with Gasteiger partial charge in [-0.2, -0.15) is 0 Å². The molecule has 0 atom stereocenters. The van der Waals surface area contributed by atoms with E-state index < -0.39 is 68.8 Å². The van der Waals surface area contributed by atoms with Crippen LogP contribution in [0.15, 0.2) is 0 Å². The maximum Gasteiger partial charge on any atom is 2.00 e. The fourth-order valence-electron chi connectivity index (χ4n) is 0.239. The first-order valence-corrected chi connectivity index (χ1v) is 13.6. The topological polar surface area (TPSA) is 383 Å². The molecule has 0 rings (SSSR count). The van der Waals surface area contributed by atoms with Crippen LogP contribution in [0.1, 0.15) is 0 Å². The Kier molecular flexibility index (Phi) is 52.0. The summed E-state index contributed by atoms with van der Waals surface area (Å²) in [6, 6.07) is 0. The van der Waals surface area contributed by atoms with Crippen LogP contribution in [0.2, 0.25) is 0 Å². The van der Waals surface area contributed by atoms with Crippen LogP contribution in [0.4, 0.5) is 0 Å². The van der Waals surface area contributed by atoms with E-state index >= 15 is 0 Å². The Morgan fingerprint density at radius 3 is 0.433 bits per heavy atom. The molecule has 30 heavy (non-hydrogen) atoms. The van der Waals surface area contributed by atoms with Gasteiger partial charge >= 0.3 is 76.5 Å². The smallest absolute Gasteiger partial charge is 0.820 e. The molecule has 0 amide bonds. The van der Waals surface area contributed by atoms with Crippen molar-refractivity contribution >= 4 is 68.8 Å². The van der Waals surface area contributed by atoms with Crippen LogP contribution in [0, 0.1) is 0 Å². The zero-order valence-corrected chi connectivity index (χ0v) is 24.4. The van der Waals surface area contributed by atoms with E-state index in [2.05, 4.69) is 17.2 Å². The minimum atomic E-state index is -3.11. The Balaban J connectivity index is -0.0000000626. The molecule has 0 spiro atoms. The van der Waals surface area contributed by atoms with E-state index in [4.69, 9.17) is 39.1 Å². The van der Waals surface area contributed by atoms with Crippen LogP contribution >= 0.6 is 68.8 Å². The SMILES string of the molecule is [O-]P([O-])OP(O)O.[O-]P([O-])OP(O)O.[O-]P([O-])OP(O)O.[O-]P([O-])OP(O)O.[Pt+2].[Pt+2]. The van der Waals surface area contributed by atoms with Gasteiger partial charge in [-0.25, -0.2) is 0 Å². The van der Waals surface area contributed by atoms with Crippen LogP contribution in [0.3, 0.4) is 0 Å². The third kappa shape index (κ3) is 76.9. The Hall–Kier alpha value is 4.02. The van der Waals surface area contributed by atoms with Gasteiger partial charge in [-0.05, 0) is 0 Å². The van der Waals surface area contributed by atoms with Gasteiger partial charge in [0.2, 0.25) is 0 Å². The van der Waals surface area contributed by atoms with Gasteiger partial charge in [0, 0.05) is 0 Å². The molecule has 0 fully saturated rings. The van der Waals surface area contributed by atoms with E-state index in [0.717, 1.165) is 0 Å². The first-order valence-electron chi connectivity index (χ1n) is 4.52. The molecule has 0 radical (unpaired) electrons. The van der Waals surface area contributed by atoms with Gasteiger partial charge in [0.1, 0.15) is 0 Å². The minimum Gasteiger partial charge on any atom is -0.820 e. The molecule has 0 unspecified atom stereocenters. The molecule has 0 saturated heterocycles. The standard InChI is InChI=1S/4H2O5P2.2Pt/c4*1-6(2)5-7(3)4;;/h4*1-2H;;/q4*-2;2*+2. The zero-order chi connectivity index (χ0) is 23.4. The van der Waals surface area contributed by atoms with Crippen LogP contribution < -0.4 is 39.1 Å². The molecule has 20 nitrogen and oxygen atoms in total. The van der Waals surface area contributed by atoms with E-state index in [-0.39, 0.29) is 42.1 Å². The van der Waals surface area contributed by atoms with Crippen molar-refractivity contribution in [1.82, 2.24) is 0 Å². The summed E-state index contributed by atoms with van der Waals surface area (Å²) in [6.45, 7) is 0.